The fraction of sp³-hybridized carbons (Fsp3) is 0.105. The van der Waals surface area contributed by atoms with Crippen molar-refractivity contribution >= 4 is 35.4 Å². The van der Waals surface area contributed by atoms with Gasteiger partial charge in [-0.3, -0.25) is 0 Å². The van der Waals surface area contributed by atoms with Gasteiger partial charge in [0, 0.05) is 21.2 Å². The van der Waals surface area contributed by atoms with Gasteiger partial charge in [-0.15, -0.1) is 0 Å². The van der Waals surface area contributed by atoms with Crippen molar-refractivity contribution in [1.82, 2.24) is 0 Å². The fourth-order valence-corrected chi connectivity index (χ4v) is 2.79. The Hall–Kier alpha value is -2.82. The summed E-state index contributed by atoms with van der Waals surface area (Å²) in [6.07, 6.45) is -8.46. The molecule has 2 aromatic rings. The largest absolute Gasteiger partial charge is 0.511 e. The first-order valence-electron chi connectivity index (χ1n) is 7.60. The van der Waals surface area contributed by atoms with Crippen LogP contribution in [0.2, 0.25) is 10.0 Å². The maximum atomic E-state index is 13.3. The number of carboxylic acid groups (broad SMARTS) is 1. The van der Waals surface area contributed by atoms with E-state index >= 15 is 0 Å². The molecule has 144 valence electrons. The number of benzene rings is 2. The Balaban J connectivity index is 2.08. The highest BCUT2D eigenvalue weighted by atomic mass is 35.5. The summed E-state index contributed by atoms with van der Waals surface area (Å²) >= 11 is 11.8. The van der Waals surface area contributed by atoms with E-state index in [1.54, 1.807) is 24.3 Å². The van der Waals surface area contributed by atoms with Crippen LogP contribution in [0.5, 0.6) is 5.75 Å². The average Bonchev–Trinajstić information content (AvgIpc) is 2.58. The number of alkyl halides is 3. The van der Waals surface area contributed by atoms with E-state index in [1.165, 1.54) is 12.1 Å². The van der Waals surface area contributed by atoms with E-state index in [1.807, 2.05) is 0 Å². The highest BCUT2D eigenvalue weighted by molar-refractivity contribution is 6.31. The molecule has 0 spiro atoms. The van der Waals surface area contributed by atoms with Crippen molar-refractivity contribution in [2.75, 3.05) is 0 Å². The molecule has 0 saturated carbocycles. The van der Waals surface area contributed by atoms with E-state index in [2.05, 4.69) is 16.6 Å². The third-order valence-corrected chi connectivity index (χ3v) is 4.03. The van der Waals surface area contributed by atoms with Gasteiger partial charge in [-0.25, -0.2) is 4.79 Å². The smallest absolute Gasteiger partial charge is 0.471 e. The topological polar surface area (TPSA) is 55.8 Å². The molecule has 1 N–H and O–H groups in total. The number of fused-ring (bicyclic) bond motifs is 1. The lowest BCUT2D eigenvalue weighted by atomic mass is 10.0. The zero-order valence-electron chi connectivity index (χ0n) is 13.7. The quantitative estimate of drug-likeness (QED) is 0.463. The highest BCUT2D eigenvalue weighted by Gasteiger charge is 2.48. The van der Waals surface area contributed by atoms with Gasteiger partial charge in [-0.05, 0) is 42.5 Å². The van der Waals surface area contributed by atoms with Gasteiger partial charge in [0.1, 0.15) is 5.75 Å². The minimum Gasteiger partial charge on any atom is -0.471 e. The number of halogens is 5. The summed E-state index contributed by atoms with van der Waals surface area (Å²) in [5.41, 5.74) is 0.800. The van der Waals surface area contributed by atoms with E-state index in [0.29, 0.717) is 10.6 Å². The monoisotopic (exact) mass is 428 g/mol. The third-order valence-electron chi connectivity index (χ3n) is 3.56. The van der Waals surface area contributed by atoms with Crippen LogP contribution in [0.15, 0.2) is 42.2 Å². The minimum absolute atomic E-state index is 0.109. The standard InChI is InChI=1S/C19H9Cl2F3O4/c20-13-5-2-10(3-6-13)1-4-11-7-14(21)8-12-9-15(27-18(25)26)17(19(22,23)24)28-16(11)12/h2-3,5-9,17H,(H,25,26). The Kier molecular flexibility index (Phi) is 5.45. The van der Waals surface area contributed by atoms with E-state index in [9.17, 15) is 18.0 Å². The van der Waals surface area contributed by atoms with Crippen molar-refractivity contribution in [2.24, 2.45) is 0 Å². The molecule has 0 saturated heterocycles. The zero-order chi connectivity index (χ0) is 20.5. The van der Waals surface area contributed by atoms with Gasteiger partial charge in [-0.1, -0.05) is 35.0 Å². The summed E-state index contributed by atoms with van der Waals surface area (Å²) in [7, 11) is 0. The van der Waals surface area contributed by atoms with Gasteiger partial charge >= 0.3 is 12.3 Å². The summed E-state index contributed by atoms with van der Waals surface area (Å²) in [5, 5.41) is 9.38. The molecular formula is C19H9Cl2F3O4. The van der Waals surface area contributed by atoms with Crippen LogP contribution in [-0.2, 0) is 4.74 Å². The second-order valence-corrected chi connectivity index (χ2v) is 6.46. The number of ether oxygens (including phenoxy) is 2. The van der Waals surface area contributed by atoms with Gasteiger partial charge < -0.3 is 14.6 Å². The van der Waals surface area contributed by atoms with E-state index < -0.39 is 24.2 Å². The third kappa shape index (κ3) is 4.53. The Morgan fingerprint density at radius 1 is 1.11 bits per heavy atom. The van der Waals surface area contributed by atoms with Crippen LogP contribution in [0.3, 0.4) is 0 Å². The Bertz CT molecular complexity index is 1020. The molecule has 1 atom stereocenters. The molecule has 3 rings (SSSR count). The van der Waals surface area contributed by atoms with Gasteiger partial charge in [-0.2, -0.15) is 13.2 Å². The van der Waals surface area contributed by atoms with Crippen molar-refractivity contribution in [3.8, 4) is 17.6 Å². The number of carbonyl (C=O) groups is 1. The van der Waals surface area contributed by atoms with Crippen LogP contribution in [0.1, 0.15) is 16.7 Å². The maximum Gasteiger partial charge on any atom is 0.511 e. The normalized spacial score (nSPS) is 15.5. The lowest BCUT2D eigenvalue weighted by molar-refractivity contribution is -0.191. The molecule has 0 radical (unpaired) electrons. The molecule has 2 aromatic carbocycles. The van der Waals surface area contributed by atoms with E-state index in [-0.39, 0.29) is 21.9 Å². The molecule has 0 amide bonds. The summed E-state index contributed by atoms with van der Waals surface area (Å²) in [5.74, 6) is 4.42. The summed E-state index contributed by atoms with van der Waals surface area (Å²) < 4.78 is 49.3. The molecule has 28 heavy (non-hydrogen) atoms. The molecule has 0 fully saturated rings. The maximum absolute atomic E-state index is 13.3. The predicted octanol–water partition coefficient (Wildman–Crippen LogP) is 5.75. The first-order chi connectivity index (χ1) is 13.1. The summed E-state index contributed by atoms with van der Waals surface area (Å²) in [4.78, 5) is 10.7. The Labute approximate surface area is 167 Å². The minimum atomic E-state index is -4.90. The fourth-order valence-electron chi connectivity index (χ4n) is 2.44. The molecule has 0 bridgehead atoms. The van der Waals surface area contributed by atoms with Crippen molar-refractivity contribution in [3.63, 3.8) is 0 Å². The van der Waals surface area contributed by atoms with Crippen molar-refractivity contribution in [1.29, 1.82) is 0 Å². The zero-order valence-corrected chi connectivity index (χ0v) is 15.2. The van der Waals surface area contributed by atoms with E-state index in [4.69, 9.17) is 33.0 Å². The lowest BCUT2D eigenvalue weighted by Crippen LogP contribution is -2.39. The second kappa shape index (κ2) is 7.66. The molecule has 1 aliphatic heterocycles. The molecule has 0 aromatic heterocycles. The first-order valence-corrected chi connectivity index (χ1v) is 8.36. The Morgan fingerprint density at radius 2 is 1.79 bits per heavy atom. The average molecular weight is 429 g/mol. The molecular weight excluding hydrogens is 420 g/mol. The highest BCUT2D eigenvalue weighted by Crippen LogP contribution is 2.40. The SMILES string of the molecule is O=C(O)OC1=Cc2cc(Cl)cc(C#Cc3ccc(Cl)cc3)c2OC1C(F)(F)F. The molecule has 1 unspecified atom stereocenters. The van der Waals surface area contributed by atoms with Crippen molar-refractivity contribution in [3.05, 3.63) is 68.9 Å². The lowest BCUT2D eigenvalue weighted by Gasteiger charge is -2.28. The van der Waals surface area contributed by atoms with Crippen LogP contribution in [0.25, 0.3) is 6.08 Å². The summed E-state index contributed by atoms with van der Waals surface area (Å²) in [6, 6.07) is 9.20. The van der Waals surface area contributed by atoms with Crippen LogP contribution < -0.4 is 4.74 Å². The van der Waals surface area contributed by atoms with E-state index in [0.717, 1.165) is 6.08 Å². The number of rotatable bonds is 1. The van der Waals surface area contributed by atoms with Crippen molar-refractivity contribution < 1.29 is 32.5 Å². The van der Waals surface area contributed by atoms with Gasteiger partial charge in [0.25, 0.3) is 6.10 Å². The van der Waals surface area contributed by atoms with Crippen LogP contribution >= 0.6 is 23.2 Å². The van der Waals surface area contributed by atoms with Crippen LogP contribution in [0.4, 0.5) is 18.0 Å². The van der Waals surface area contributed by atoms with Crippen LogP contribution in [-0.4, -0.2) is 23.5 Å². The molecule has 9 heteroatoms. The van der Waals surface area contributed by atoms with Crippen LogP contribution in [0, 0.1) is 11.8 Å². The molecule has 0 aliphatic carbocycles. The predicted molar refractivity (Wildman–Crippen MR) is 96.4 cm³/mol. The molecule has 1 heterocycles. The molecule has 1 aliphatic rings. The van der Waals surface area contributed by atoms with Gasteiger partial charge in [0.05, 0.1) is 5.56 Å². The number of hydrogen-bond donors (Lipinski definition) is 1. The summed E-state index contributed by atoms with van der Waals surface area (Å²) in [6.45, 7) is 0. The number of hydrogen-bond acceptors (Lipinski definition) is 3. The second-order valence-electron chi connectivity index (χ2n) is 5.58. The molecule has 4 nitrogen and oxygen atoms in total. The van der Waals surface area contributed by atoms with Gasteiger partial charge in [0.2, 0.25) is 0 Å². The van der Waals surface area contributed by atoms with Crippen molar-refractivity contribution in [2.45, 2.75) is 12.3 Å². The Morgan fingerprint density at radius 3 is 2.39 bits per heavy atom. The first kappa shape index (κ1) is 19.9. The van der Waals surface area contributed by atoms with Gasteiger partial charge in [0.15, 0.2) is 5.76 Å².